The second kappa shape index (κ2) is 10.8. The fourth-order valence-corrected chi connectivity index (χ4v) is 4.13. The smallest absolute Gasteiger partial charge is 0.130 e. The summed E-state index contributed by atoms with van der Waals surface area (Å²) in [6.45, 7) is 8.08. The van der Waals surface area contributed by atoms with E-state index >= 15 is 0 Å². The van der Waals surface area contributed by atoms with Gasteiger partial charge in [-0.3, -0.25) is 9.88 Å². The van der Waals surface area contributed by atoms with Gasteiger partial charge in [0.05, 0.1) is 18.9 Å². The minimum absolute atomic E-state index is 0.0267. The molecule has 2 aromatic heterocycles. The number of hydrogen-bond donors (Lipinski definition) is 0. The fraction of sp³-hybridized carbons (Fsp3) is 0.423. The molecule has 0 spiro atoms. The van der Waals surface area contributed by atoms with Gasteiger partial charge in [-0.05, 0) is 49.1 Å². The molecule has 0 saturated carbocycles. The zero-order chi connectivity index (χ0) is 22.3. The van der Waals surface area contributed by atoms with Crippen LogP contribution in [0.4, 0.5) is 0 Å². The molecular formula is C26H32N4O2. The molecule has 1 saturated heterocycles. The van der Waals surface area contributed by atoms with Crippen molar-refractivity contribution in [2.24, 2.45) is 0 Å². The summed E-state index contributed by atoms with van der Waals surface area (Å²) in [5, 5.41) is 0. The molecule has 0 aliphatic carbocycles. The van der Waals surface area contributed by atoms with Crippen LogP contribution in [0.5, 0.6) is 0 Å². The summed E-state index contributed by atoms with van der Waals surface area (Å²) in [7, 11) is 1.69. The SMILES string of the molecule is COCCc1ncc(CN2CCOC(c3cc(Cc4ccccc4C)cc(C)n3)C2)cn1. The number of pyridine rings is 1. The predicted octanol–water partition coefficient (Wildman–Crippen LogP) is 3.84. The Morgan fingerprint density at radius 2 is 1.91 bits per heavy atom. The molecule has 0 radical (unpaired) electrons. The number of hydrogen-bond acceptors (Lipinski definition) is 6. The number of aromatic nitrogens is 3. The highest BCUT2D eigenvalue weighted by molar-refractivity contribution is 5.33. The third kappa shape index (κ3) is 5.97. The number of nitrogens with zero attached hydrogens (tertiary/aromatic N) is 4. The number of aryl methyl sites for hydroxylation is 2. The summed E-state index contributed by atoms with van der Waals surface area (Å²) in [6.07, 6.45) is 5.47. The first-order valence-corrected chi connectivity index (χ1v) is 11.3. The Kier molecular flexibility index (Phi) is 7.58. The Balaban J connectivity index is 1.42. The number of ether oxygens (including phenoxy) is 2. The van der Waals surface area contributed by atoms with Crippen LogP contribution in [0, 0.1) is 13.8 Å². The summed E-state index contributed by atoms with van der Waals surface area (Å²) in [5.41, 5.74) is 7.12. The average Bonchev–Trinajstić information content (AvgIpc) is 2.80. The normalized spacial score (nSPS) is 16.9. The topological polar surface area (TPSA) is 60.4 Å². The zero-order valence-electron chi connectivity index (χ0n) is 19.3. The molecule has 0 bridgehead atoms. The molecule has 6 nitrogen and oxygen atoms in total. The predicted molar refractivity (Wildman–Crippen MR) is 125 cm³/mol. The van der Waals surface area contributed by atoms with Gasteiger partial charge in [-0.1, -0.05) is 24.3 Å². The van der Waals surface area contributed by atoms with E-state index in [-0.39, 0.29) is 6.10 Å². The van der Waals surface area contributed by atoms with Crippen LogP contribution in [0.2, 0.25) is 0 Å². The van der Waals surface area contributed by atoms with Crippen molar-refractivity contribution in [2.45, 2.75) is 39.3 Å². The molecule has 0 amide bonds. The van der Waals surface area contributed by atoms with E-state index in [0.29, 0.717) is 13.2 Å². The van der Waals surface area contributed by atoms with Crippen LogP contribution >= 0.6 is 0 Å². The van der Waals surface area contributed by atoms with Gasteiger partial charge in [0, 0.05) is 56.8 Å². The quantitative estimate of drug-likeness (QED) is 0.539. The molecule has 1 aliphatic rings. The summed E-state index contributed by atoms with van der Waals surface area (Å²) < 4.78 is 11.2. The Bertz CT molecular complexity index is 1020. The molecule has 4 rings (SSSR count). The van der Waals surface area contributed by atoms with E-state index in [1.165, 1.54) is 16.7 Å². The van der Waals surface area contributed by atoms with Gasteiger partial charge in [0.25, 0.3) is 0 Å². The highest BCUT2D eigenvalue weighted by Crippen LogP contribution is 2.24. The first-order valence-electron chi connectivity index (χ1n) is 11.3. The van der Waals surface area contributed by atoms with Crippen LogP contribution in [-0.4, -0.2) is 53.3 Å². The molecule has 3 aromatic rings. The van der Waals surface area contributed by atoms with Gasteiger partial charge in [0.1, 0.15) is 11.9 Å². The maximum absolute atomic E-state index is 6.13. The lowest BCUT2D eigenvalue weighted by Crippen LogP contribution is -2.38. The summed E-state index contributed by atoms with van der Waals surface area (Å²) in [6, 6.07) is 12.9. The average molecular weight is 433 g/mol. The van der Waals surface area contributed by atoms with Gasteiger partial charge in [0.15, 0.2) is 0 Å². The van der Waals surface area contributed by atoms with Crippen molar-refractivity contribution in [2.75, 3.05) is 33.4 Å². The fourth-order valence-electron chi connectivity index (χ4n) is 4.13. The van der Waals surface area contributed by atoms with Crippen molar-refractivity contribution < 1.29 is 9.47 Å². The molecule has 1 atom stereocenters. The van der Waals surface area contributed by atoms with Crippen LogP contribution < -0.4 is 0 Å². The molecule has 1 aliphatic heterocycles. The van der Waals surface area contributed by atoms with Gasteiger partial charge in [-0.15, -0.1) is 0 Å². The maximum atomic E-state index is 6.13. The van der Waals surface area contributed by atoms with Gasteiger partial charge in [0.2, 0.25) is 0 Å². The first-order chi connectivity index (χ1) is 15.6. The first kappa shape index (κ1) is 22.5. The number of morpholine rings is 1. The van der Waals surface area contributed by atoms with Gasteiger partial charge < -0.3 is 9.47 Å². The summed E-state index contributed by atoms with van der Waals surface area (Å²) in [4.78, 5) is 16.1. The molecule has 168 valence electrons. The molecule has 1 fully saturated rings. The maximum Gasteiger partial charge on any atom is 0.130 e. The highest BCUT2D eigenvalue weighted by atomic mass is 16.5. The molecule has 0 N–H and O–H groups in total. The van der Waals surface area contributed by atoms with Gasteiger partial charge in [-0.25, -0.2) is 9.97 Å². The Hall–Kier alpha value is -2.67. The van der Waals surface area contributed by atoms with Gasteiger partial charge in [-0.2, -0.15) is 0 Å². The molecule has 3 heterocycles. The van der Waals surface area contributed by atoms with Crippen molar-refractivity contribution >= 4 is 0 Å². The third-order valence-corrected chi connectivity index (χ3v) is 5.86. The molecule has 6 heteroatoms. The van der Waals surface area contributed by atoms with Crippen molar-refractivity contribution in [1.82, 2.24) is 19.9 Å². The third-order valence-electron chi connectivity index (χ3n) is 5.86. The number of benzene rings is 1. The molecule has 1 unspecified atom stereocenters. The van der Waals surface area contributed by atoms with E-state index in [0.717, 1.165) is 55.3 Å². The Morgan fingerprint density at radius 1 is 1.09 bits per heavy atom. The van der Waals surface area contributed by atoms with Crippen molar-refractivity contribution in [3.8, 4) is 0 Å². The molecule has 32 heavy (non-hydrogen) atoms. The van der Waals surface area contributed by atoms with Gasteiger partial charge >= 0.3 is 0 Å². The summed E-state index contributed by atoms with van der Waals surface area (Å²) >= 11 is 0. The second-order valence-electron chi connectivity index (χ2n) is 8.49. The number of rotatable bonds is 8. The zero-order valence-corrected chi connectivity index (χ0v) is 19.3. The monoisotopic (exact) mass is 432 g/mol. The van der Waals surface area contributed by atoms with E-state index in [9.17, 15) is 0 Å². The van der Waals surface area contributed by atoms with Crippen LogP contribution in [0.15, 0.2) is 48.8 Å². The summed E-state index contributed by atoms with van der Waals surface area (Å²) in [5.74, 6) is 0.820. The van der Waals surface area contributed by atoms with Crippen LogP contribution in [0.25, 0.3) is 0 Å². The Labute approximate surface area is 190 Å². The highest BCUT2D eigenvalue weighted by Gasteiger charge is 2.24. The lowest BCUT2D eigenvalue weighted by molar-refractivity contribution is -0.0351. The second-order valence-corrected chi connectivity index (χ2v) is 8.49. The Morgan fingerprint density at radius 3 is 2.69 bits per heavy atom. The molecular weight excluding hydrogens is 400 g/mol. The van der Waals surface area contributed by atoms with E-state index in [4.69, 9.17) is 14.5 Å². The van der Waals surface area contributed by atoms with E-state index < -0.39 is 0 Å². The van der Waals surface area contributed by atoms with Crippen molar-refractivity contribution in [3.05, 3.63) is 88.3 Å². The van der Waals surface area contributed by atoms with Crippen molar-refractivity contribution in [1.29, 1.82) is 0 Å². The number of methoxy groups -OCH3 is 1. The van der Waals surface area contributed by atoms with Crippen LogP contribution in [0.3, 0.4) is 0 Å². The minimum atomic E-state index is -0.0267. The standard InChI is InChI=1S/C26H32N4O2/c1-19-6-4-5-7-23(19)13-21-12-20(2)29-24(14-21)25-18-30(9-11-32-25)17-22-15-27-26(28-16-22)8-10-31-3/h4-7,12,14-16,25H,8-11,13,17-18H2,1-3H3. The lowest BCUT2D eigenvalue weighted by atomic mass is 9.99. The van der Waals surface area contributed by atoms with E-state index in [1.54, 1.807) is 7.11 Å². The van der Waals surface area contributed by atoms with Crippen LogP contribution in [-0.2, 0) is 28.9 Å². The minimum Gasteiger partial charge on any atom is -0.384 e. The van der Waals surface area contributed by atoms with E-state index in [2.05, 4.69) is 65.1 Å². The van der Waals surface area contributed by atoms with Crippen LogP contribution in [0.1, 0.15) is 45.6 Å². The van der Waals surface area contributed by atoms with E-state index in [1.807, 2.05) is 12.4 Å². The molecule has 1 aromatic carbocycles. The lowest BCUT2D eigenvalue weighted by Gasteiger charge is -2.32. The van der Waals surface area contributed by atoms with Crippen molar-refractivity contribution in [3.63, 3.8) is 0 Å². The largest absolute Gasteiger partial charge is 0.384 e.